The zero-order valence-electron chi connectivity index (χ0n) is 9.77. The summed E-state index contributed by atoms with van der Waals surface area (Å²) >= 11 is 0. The standard InChI is InChI=1S/C13H17N3/c1-3-16-13-7-5-4-6-11(13)12(15-16)8-10(2)9-14/h4-8H,3,9,14H2,1-2H3/b10-8-. The normalized spacial score (nSPS) is 12.3. The second kappa shape index (κ2) is 4.49. The van der Waals surface area contributed by atoms with E-state index in [-0.39, 0.29) is 0 Å². The van der Waals surface area contributed by atoms with Crippen LogP contribution in [0.4, 0.5) is 0 Å². The average Bonchev–Trinajstić information content (AvgIpc) is 2.68. The molecule has 0 spiro atoms. The fourth-order valence-electron chi connectivity index (χ4n) is 1.79. The highest BCUT2D eigenvalue weighted by atomic mass is 15.3. The molecule has 0 saturated carbocycles. The van der Waals surface area contributed by atoms with E-state index in [1.54, 1.807) is 0 Å². The molecule has 2 N–H and O–H groups in total. The molecule has 0 aliphatic heterocycles. The molecule has 0 bridgehead atoms. The molecule has 2 rings (SSSR count). The van der Waals surface area contributed by atoms with Gasteiger partial charge in [0.15, 0.2) is 0 Å². The summed E-state index contributed by atoms with van der Waals surface area (Å²) in [5.41, 5.74) is 8.94. The molecule has 84 valence electrons. The largest absolute Gasteiger partial charge is 0.327 e. The number of hydrogen-bond donors (Lipinski definition) is 1. The van der Waals surface area contributed by atoms with Crippen LogP contribution >= 0.6 is 0 Å². The number of hydrogen-bond acceptors (Lipinski definition) is 2. The Balaban J connectivity index is 2.62. The zero-order valence-corrected chi connectivity index (χ0v) is 9.77. The summed E-state index contributed by atoms with van der Waals surface area (Å²) in [6.07, 6.45) is 2.06. The highest BCUT2D eigenvalue weighted by molar-refractivity contribution is 5.87. The van der Waals surface area contributed by atoms with E-state index in [1.165, 1.54) is 10.9 Å². The van der Waals surface area contributed by atoms with Gasteiger partial charge in [-0.25, -0.2) is 0 Å². The third-order valence-corrected chi connectivity index (χ3v) is 2.69. The Morgan fingerprint density at radius 2 is 2.19 bits per heavy atom. The highest BCUT2D eigenvalue weighted by Crippen LogP contribution is 2.20. The van der Waals surface area contributed by atoms with E-state index < -0.39 is 0 Å². The molecule has 1 heterocycles. The van der Waals surface area contributed by atoms with Gasteiger partial charge in [-0.15, -0.1) is 0 Å². The average molecular weight is 215 g/mol. The zero-order chi connectivity index (χ0) is 11.5. The molecule has 0 atom stereocenters. The molecule has 3 nitrogen and oxygen atoms in total. The van der Waals surface area contributed by atoms with Crippen molar-refractivity contribution in [2.45, 2.75) is 20.4 Å². The molecular weight excluding hydrogens is 198 g/mol. The van der Waals surface area contributed by atoms with Gasteiger partial charge in [-0.1, -0.05) is 23.8 Å². The first-order valence-corrected chi connectivity index (χ1v) is 5.59. The van der Waals surface area contributed by atoms with Crippen molar-refractivity contribution in [2.75, 3.05) is 6.54 Å². The lowest BCUT2D eigenvalue weighted by Gasteiger charge is -1.95. The van der Waals surface area contributed by atoms with Crippen molar-refractivity contribution in [1.82, 2.24) is 9.78 Å². The van der Waals surface area contributed by atoms with Crippen molar-refractivity contribution in [3.8, 4) is 0 Å². The Bertz CT molecular complexity index is 523. The molecule has 0 radical (unpaired) electrons. The van der Waals surface area contributed by atoms with Gasteiger partial charge in [0.2, 0.25) is 0 Å². The third kappa shape index (κ3) is 1.86. The van der Waals surface area contributed by atoms with Crippen LogP contribution in [-0.4, -0.2) is 16.3 Å². The molecule has 0 unspecified atom stereocenters. The fraction of sp³-hybridized carbons (Fsp3) is 0.308. The summed E-state index contributed by atoms with van der Waals surface area (Å²) in [5.74, 6) is 0. The maximum absolute atomic E-state index is 5.60. The van der Waals surface area contributed by atoms with Gasteiger partial charge in [-0.05, 0) is 26.0 Å². The van der Waals surface area contributed by atoms with Gasteiger partial charge >= 0.3 is 0 Å². The van der Waals surface area contributed by atoms with Crippen LogP contribution in [0.2, 0.25) is 0 Å². The van der Waals surface area contributed by atoms with Gasteiger partial charge in [0.05, 0.1) is 11.2 Å². The van der Waals surface area contributed by atoms with E-state index in [0.29, 0.717) is 6.54 Å². The molecule has 1 aromatic heterocycles. The maximum Gasteiger partial charge on any atom is 0.0929 e. The number of fused-ring (bicyclic) bond motifs is 1. The van der Waals surface area contributed by atoms with E-state index in [1.807, 2.05) is 23.7 Å². The van der Waals surface area contributed by atoms with Crippen LogP contribution in [0.1, 0.15) is 19.5 Å². The van der Waals surface area contributed by atoms with Crippen molar-refractivity contribution in [1.29, 1.82) is 0 Å². The SMILES string of the molecule is CCn1nc(/C=C(/C)CN)c2ccccc21. The van der Waals surface area contributed by atoms with E-state index >= 15 is 0 Å². The van der Waals surface area contributed by atoms with Gasteiger partial charge in [-0.2, -0.15) is 5.10 Å². The smallest absolute Gasteiger partial charge is 0.0929 e. The van der Waals surface area contributed by atoms with Crippen LogP contribution in [0.5, 0.6) is 0 Å². The van der Waals surface area contributed by atoms with E-state index in [2.05, 4.69) is 30.2 Å². The molecule has 0 fully saturated rings. The number of nitrogens with two attached hydrogens (primary N) is 1. The summed E-state index contributed by atoms with van der Waals surface area (Å²) in [7, 11) is 0. The van der Waals surface area contributed by atoms with Gasteiger partial charge in [0.25, 0.3) is 0 Å². The minimum Gasteiger partial charge on any atom is -0.327 e. The minimum atomic E-state index is 0.577. The van der Waals surface area contributed by atoms with Crippen LogP contribution in [-0.2, 0) is 6.54 Å². The number of benzene rings is 1. The van der Waals surface area contributed by atoms with Crippen molar-refractivity contribution in [2.24, 2.45) is 5.73 Å². The summed E-state index contributed by atoms with van der Waals surface area (Å²) in [6, 6.07) is 8.28. The number of aromatic nitrogens is 2. The quantitative estimate of drug-likeness (QED) is 0.854. The Morgan fingerprint density at radius 1 is 1.44 bits per heavy atom. The molecule has 3 heteroatoms. The fourth-order valence-corrected chi connectivity index (χ4v) is 1.79. The number of nitrogens with zero attached hydrogens (tertiary/aromatic N) is 2. The summed E-state index contributed by atoms with van der Waals surface area (Å²) < 4.78 is 2.02. The first-order valence-electron chi connectivity index (χ1n) is 5.59. The van der Waals surface area contributed by atoms with Crippen LogP contribution in [0.25, 0.3) is 17.0 Å². The monoisotopic (exact) mass is 215 g/mol. The van der Waals surface area contributed by atoms with Crippen LogP contribution in [0, 0.1) is 0 Å². The van der Waals surface area contributed by atoms with E-state index in [4.69, 9.17) is 5.73 Å². The first kappa shape index (κ1) is 10.9. The summed E-state index contributed by atoms with van der Waals surface area (Å²) in [4.78, 5) is 0. The number of aryl methyl sites for hydroxylation is 1. The molecule has 16 heavy (non-hydrogen) atoms. The summed E-state index contributed by atoms with van der Waals surface area (Å²) in [6.45, 7) is 5.59. The molecule has 0 amide bonds. The number of para-hydroxylation sites is 1. The lowest BCUT2D eigenvalue weighted by atomic mass is 10.1. The Hall–Kier alpha value is -1.61. The van der Waals surface area contributed by atoms with Gasteiger partial charge < -0.3 is 5.73 Å². The lowest BCUT2D eigenvalue weighted by molar-refractivity contribution is 0.681. The first-order chi connectivity index (χ1) is 7.76. The van der Waals surface area contributed by atoms with Crippen LogP contribution in [0.3, 0.4) is 0 Å². The van der Waals surface area contributed by atoms with Gasteiger partial charge in [-0.3, -0.25) is 4.68 Å². The maximum atomic E-state index is 5.60. The van der Waals surface area contributed by atoms with Crippen molar-refractivity contribution < 1.29 is 0 Å². The topological polar surface area (TPSA) is 43.8 Å². The highest BCUT2D eigenvalue weighted by Gasteiger charge is 2.06. The second-order valence-electron chi connectivity index (χ2n) is 3.91. The third-order valence-electron chi connectivity index (χ3n) is 2.69. The van der Waals surface area contributed by atoms with Crippen molar-refractivity contribution in [3.05, 3.63) is 35.5 Å². The lowest BCUT2D eigenvalue weighted by Crippen LogP contribution is -2.00. The molecular formula is C13H17N3. The Morgan fingerprint density at radius 3 is 2.88 bits per heavy atom. The molecule has 1 aromatic carbocycles. The molecule has 0 aliphatic rings. The molecule has 2 aromatic rings. The van der Waals surface area contributed by atoms with Gasteiger partial charge in [0, 0.05) is 18.5 Å². The predicted octanol–water partition coefficient (Wildman–Crippen LogP) is 2.42. The molecule has 0 saturated heterocycles. The predicted molar refractivity (Wildman–Crippen MR) is 68.1 cm³/mol. The Kier molecular flexibility index (Phi) is 3.06. The number of rotatable bonds is 3. The van der Waals surface area contributed by atoms with Gasteiger partial charge in [0.1, 0.15) is 0 Å². The second-order valence-corrected chi connectivity index (χ2v) is 3.91. The van der Waals surface area contributed by atoms with Crippen molar-refractivity contribution in [3.63, 3.8) is 0 Å². The Labute approximate surface area is 95.6 Å². The molecule has 0 aliphatic carbocycles. The van der Waals surface area contributed by atoms with Crippen LogP contribution in [0.15, 0.2) is 29.8 Å². The van der Waals surface area contributed by atoms with Crippen molar-refractivity contribution >= 4 is 17.0 Å². The van der Waals surface area contributed by atoms with E-state index in [9.17, 15) is 0 Å². The minimum absolute atomic E-state index is 0.577. The summed E-state index contributed by atoms with van der Waals surface area (Å²) in [5, 5.41) is 5.77. The van der Waals surface area contributed by atoms with E-state index in [0.717, 1.165) is 17.8 Å². The van der Waals surface area contributed by atoms with Crippen LogP contribution < -0.4 is 5.73 Å².